The van der Waals surface area contributed by atoms with Crippen molar-refractivity contribution in [2.24, 2.45) is 0 Å². The van der Waals surface area contributed by atoms with Crippen LogP contribution in [0.4, 0.5) is 0 Å². The number of benzene rings is 1. The first-order valence-electron chi connectivity index (χ1n) is 7.74. The Labute approximate surface area is 142 Å². The minimum atomic E-state index is -1.18. The van der Waals surface area contributed by atoms with Crippen molar-refractivity contribution in [2.45, 2.75) is 44.8 Å². The summed E-state index contributed by atoms with van der Waals surface area (Å²) in [6.07, 6.45) is 0. The van der Waals surface area contributed by atoms with Gasteiger partial charge >= 0.3 is 19.1 Å². The second-order valence-electron chi connectivity index (χ2n) is 6.70. The first kappa shape index (κ1) is 18.5. The highest BCUT2D eigenvalue weighted by atomic mass is 16.7. The SMILES string of the molecule is COC(=O)C(C(=O)OC)c1ccccc1B1OC(C)(C)C(C)(C)O1. The normalized spacial score (nSPS) is 18.5. The lowest BCUT2D eigenvalue weighted by Crippen LogP contribution is -2.41. The summed E-state index contributed by atoms with van der Waals surface area (Å²) in [6, 6.07) is 6.99. The molecule has 7 heteroatoms. The van der Waals surface area contributed by atoms with Crippen LogP contribution in [0, 0.1) is 0 Å². The molecule has 0 bridgehead atoms. The highest BCUT2D eigenvalue weighted by Crippen LogP contribution is 2.37. The number of esters is 2. The maximum absolute atomic E-state index is 12.1. The average Bonchev–Trinajstić information content (AvgIpc) is 2.75. The molecule has 0 radical (unpaired) electrons. The molecule has 0 saturated carbocycles. The Morgan fingerprint density at radius 2 is 1.42 bits per heavy atom. The summed E-state index contributed by atoms with van der Waals surface area (Å²) in [5.74, 6) is -2.56. The van der Waals surface area contributed by atoms with Crippen molar-refractivity contribution >= 4 is 24.5 Å². The summed E-state index contributed by atoms with van der Waals surface area (Å²) in [5, 5.41) is 0. The lowest BCUT2D eigenvalue weighted by molar-refractivity contribution is -0.154. The van der Waals surface area contributed by atoms with E-state index in [0.29, 0.717) is 11.0 Å². The van der Waals surface area contributed by atoms with Crippen LogP contribution in [0.3, 0.4) is 0 Å². The van der Waals surface area contributed by atoms with Crippen molar-refractivity contribution in [1.82, 2.24) is 0 Å². The number of carbonyl (C=O) groups excluding carboxylic acids is 2. The summed E-state index contributed by atoms with van der Waals surface area (Å²) in [4.78, 5) is 24.3. The van der Waals surface area contributed by atoms with E-state index in [4.69, 9.17) is 18.8 Å². The third kappa shape index (κ3) is 3.19. The van der Waals surface area contributed by atoms with Gasteiger partial charge in [-0.1, -0.05) is 24.3 Å². The van der Waals surface area contributed by atoms with Gasteiger partial charge in [0.1, 0.15) is 0 Å². The second-order valence-corrected chi connectivity index (χ2v) is 6.70. The number of ether oxygens (including phenoxy) is 2. The number of methoxy groups -OCH3 is 2. The molecule has 1 aromatic carbocycles. The molecule has 0 aliphatic carbocycles. The van der Waals surface area contributed by atoms with Crippen LogP contribution in [0.25, 0.3) is 0 Å². The molecule has 0 amide bonds. The van der Waals surface area contributed by atoms with Gasteiger partial charge in [-0.3, -0.25) is 9.59 Å². The summed E-state index contributed by atoms with van der Waals surface area (Å²) in [5.41, 5.74) is -0.000181. The van der Waals surface area contributed by atoms with E-state index in [9.17, 15) is 9.59 Å². The minimum Gasteiger partial charge on any atom is -0.468 e. The van der Waals surface area contributed by atoms with Crippen LogP contribution in [-0.2, 0) is 28.4 Å². The van der Waals surface area contributed by atoms with Crippen LogP contribution in [0.1, 0.15) is 39.2 Å². The quantitative estimate of drug-likeness (QED) is 0.471. The molecule has 24 heavy (non-hydrogen) atoms. The van der Waals surface area contributed by atoms with Gasteiger partial charge in [0, 0.05) is 0 Å². The fraction of sp³-hybridized carbons (Fsp3) is 0.529. The first-order valence-corrected chi connectivity index (χ1v) is 7.74. The predicted molar refractivity (Wildman–Crippen MR) is 88.9 cm³/mol. The molecule has 2 rings (SSSR count). The van der Waals surface area contributed by atoms with E-state index < -0.39 is 36.2 Å². The maximum Gasteiger partial charge on any atom is 0.495 e. The molecule has 1 aliphatic heterocycles. The zero-order chi connectivity index (χ0) is 18.1. The average molecular weight is 334 g/mol. The molecule has 0 atom stereocenters. The van der Waals surface area contributed by atoms with E-state index in [0.717, 1.165) is 0 Å². The summed E-state index contributed by atoms with van der Waals surface area (Å²) in [6.45, 7) is 7.75. The van der Waals surface area contributed by atoms with Crippen LogP contribution in [0.15, 0.2) is 24.3 Å². The van der Waals surface area contributed by atoms with E-state index in [1.807, 2.05) is 27.7 Å². The lowest BCUT2D eigenvalue weighted by Gasteiger charge is -2.32. The van der Waals surface area contributed by atoms with Crippen molar-refractivity contribution in [3.05, 3.63) is 29.8 Å². The smallest absolute Gasteiger partial charge is 0.468 e. The van der Waals surface area contributed by atoms with Gasteiger partial charge in [-0.25, -0.2) is 0 Å². The van der Waals surface area contributed by atoms with Crippen molar-refractivity contribution in [3.63, 3.8) is 0 Å². The minimum absolute atomic E-state index is 0.453. The molecule has 0 aromatic heterocycles. The number of carbonyl (C=O) groups is 2. The van der Waals surface area contributed by atoms with Crippen molar-refractivity contribution in [1.29, 1.82) is 0 Å². The lowest BCUT2D eigenvalue weighted by atomic mass is 9.73. The third-order valence-corrected chi connectivity index (χ3v) is 4.69. The topological polar surface area (TPSA) is 71.1 Å². The molecule has 1 aromatic rings. The van der Waals surface area contributed by atoms with E-state index >= 15 is 0 Å². The predicted octanol–water partition coefficient (Wildman–Crippen LogP) is 1.42. The van der Waals surface area contributed by atoms with Gasteiger partial charge in [0.15, 0.2) is 5.92 Å². The highest BCUT2D eigenvalue weighted by Gasteiger charge is 2.53. The van der Waals surface area contributed by atoms with E-state index in [-0.39, 0.29) is 0 Å². The molecule has 0 spiro atoms. The Morgan fingerprint density at radius 1 is 0.958 bits per heavy atom. The third-order valence-electron chi connectivity index (χ3n) is 4.69. The molecule has 0 unspecified atom stereocenters. The van der Waals surface area contributed by atoms with Crippen LogP contribution in [0.2, 0.25) is 0 Å². The zero-order valence-electron chi connectivity index (χ0n) is 14.9. The molecule has 1 heterocycles. The molecular weight excluding hydrogens is 311 g/mol. The van der Waals surface area contributed by atoms with Gasteiger partial charge in [-0.15, -0.1) is 0 Å². The van der Waals surface area contributed by atoms with Gasteiger partial charge in [0.25, 0.3) is 0 Å². The fourth-order valence-electron chi connectivity index (χ4n) is 2.54. The molecule has 0 N–H and O–H groups in total. The fourth-order valence-corrected chi connectivity index (χ4v) is 2.54. The molecule has 130 valence electrons. The van der Waals surface area contributed by atoms with E-state index in [2.05, 4.69) is 0 Å². The molecular formula is C17H23BO6. The Balaban J connectivity index is 2.48. The summed E-state index contributed by atoms with van der Waals surface area (Å²) < 4.78 is 21.6. The van der Waals surface area contributed by atoms with Gasteiger partial charge in [0.2, 0.25) is 0 Å². The summed E-state index contributed by atoms with van der Waals surface area (Å²) >= 11 is 0. The Bertz CT molecular complexity index is 608. The van der Waals surface area contributed by atoms with Crippen LogP contribution >= 0.6 is 0 Å². The zero-order valence-corrected chi connectivity index (χ0v) is 14.9. The van der Waals surface area contributed by atoms with Crippen LogP contribution < -0.4 is 5.46 Å². The molecule has 1 fully saturated rings. The monoisotopic (exact) mass is 334 g/mol. The Kier molecular flexibility index (Phi) is 5.06. The first-order chi connectivity index (χ1) is 11.1. The number of rotatable bonds is 4. The second kappa shape index (κ2) is 6.57. The largest absolute Gasteiger partial charge is 0.495 e. The van der Waals surface area contributed by atoms with Crippen molar-refractivity contribution < 1.29 is 28.4 Å². The molecule has 1 saturated heterocycles. The Morgan fingerprint density at radius 3 is 1.88 bits per heavy atom. The standard InChI is InChI=1S/C17H23BO6/c1-16(2)17(3,4)24-18(23-16)12-10-8-7-9-11(12)13(14(19)21-5)15(20)22-6/h7-10,13H,1-6H3. The molecule has 1 aliphatic rings. The summed E-state index contributed by atoms with van der Waals surface area (Å²) in [7, 11) is 1.77. The highest BCUT2D eigenvalue weighted by molar-refractivity contribution is 6.62. The van der Waals surface area contributed by atoms with Crippen molar-refractivity contribution in [2.75, 3.05) is 14.2 Å². The number of hydrogen-bond acceptors (Lipinski definition) is 6. The van der Waals surface area contributed by atoms with E-state index in [1.165, 1.54) is 14.2 Å². The van der Waals surface area contributed by atoms with E-state index in [1.54, 1.807) is 24.3 Å². The van der Waals surface area contributed by atoms with Gasteiger partial charge in [-0.2, -0.15) is 0 Å². The van der Waals surface area contributed by atoms with Crippen LogP contribution in [-0.4, -0.2) is 44.5 Å². The van der Waals surface area contributed by atoms with Crippen LogP contribution in [0.5, 0.6) is 0 Å². The Hall–Kier alpha value is -1.86. The molecule has 6 nitrogen and oxygen atoms in total. The van der Waals surface area contributed by atoms with Gasteiger partial charge in [-0.05, 0) is 38.7 Å². The van der Waals surface area contributed by atoms with Crippen molar-refractivity contribution in [3.8, 4) is 0 Å². The van der Waals surface area contributed by atoms with Gasteiger partial charge in [0.05, 0.1) is 25.4 Å². The number of hydrogen-bond donors (Lipinski definition) is 0. The maximum atomic E-state index is 12.1. The van der Waals surface area contributed by atoms with Gasteiger partial charge < -0.3 is 18.8 Å².